The molecule has 1 aliphatic rings. The third-order valence-corrected chi connectivity index (χ3v) is 6.80. The highest BCUT2D eigenvalue weighted by atomic mass is 35.5. The number of carbonyl (C=O) groups excluding carboxylic acids is 1. The number of imidazole rings is 1. The first-order chi connectivity index (χ1) is 15.9. The van der Waals surface area contributed by atoms with Crippen molar-refractivity contribution in [2.75, 3.05) is 17.3 Å². The van der Waals surface area contributed by atoms with Gasteiger partial charge in [-0.15, -0.1) is 0 Å². The van der Waals surface area contributed by atoms with E-state index in [2.05, 4.69) is 39.4 Å². The Morgan fingerprint density at radius 1 is 1.15 bits per heavy atom. The Labute approximate surface area is 204 Å². The Morgan fingerprint density at radius 2 is 1.88 bits per heavy atom. The van der Waals surface area contributed by atoms with Crippen LogP contribution in [0.1, 0.15) is 43.2 Å². The number of aromatic nitrogens is 3. The summed E-state index contributed by atoms with van der Waals surface area (Å²) in [6.07, 6.45) is 12.9. The molecule has 1 fully saturated rings. The van der Waals surface area contributed by atoms with Gasteiger partial charge in [-0.2, -0.15) is 0 Å². The molecule has 1 aromatic carbocycles. The number of hydrogen-bond donors (Lipinski definition) is 1. The number of nitrogens with zero attached hydrogens (tertiary/aromatic N) is 4. The van der Waals surface area contributed by atoms with Gasteiger partial charge in [0.2, 0.25) is 5.91 Å². The third-order valence-electron chi connectivity index (χ3n) is 6.06. The average molecular weight is 484 g/mol. The van der Waals surface area contributed by atoms with Gasteiger partial charge in [0, 0.05) is 24.9 Å². The van der Waals surface area contributed by atoms with Gasteiger partial charge in [0.1, 0.15) is 12.1 Å². The van der Waals surface area contributed by atoms with Crippen LogP contribution in [0.3, 0.4) is 0 Å². The van der Waals surface area contributed by atoms with E-state index >= 15 is 0 Å². The predicted molar refractivity (Wildman–Crippen MR) is 135 cm³/mol. The Bertz CT molecular complexity index is 1150. The molecule has 33 heavy (non-hydrogen) atoms. The van der Waals surface area contributed by atoms with Gasteiger partial charge in [-0.05, 0) is 55.2 Å². The maximum absolute atomic E-state index is 12.4. The molecule has 2 aromatic heterocycles. The van der Waals surface area contributed by atoms with Crippen molar-refractivity contribution in [1.29, 1.82) is 0 Å². The molecule has 1 N–H and O–H groups in total. The zero-order chi connectivity index (χ0) is 23.4. The third kappa shape index (κ3) is 5.57. The van der Waals surface area contributed by atoms with Gasteiger partial charge in [0.05, 0.1) is 11.9 Å². The van der Waals surface area contributed by atoms with Crippen molar-refractivity contribution in [2.24, 2.45) is 0 Å². The monoisotopic (exact) mass is 483 g/mol. The second-order valence-electron chi connectivity index (χ2n) is 8.38. The molecule has 0 bridgehead atoms. The number of halogens is 2. The lowest BCUT2D eigenvalue weighted by atomic mass is 9.94. The Balaban J connectivity index is 1.37. The molecule has 0 spiro atoms. The quantitative estimate of drug-likeness (QED) is 0.417. The van der Waals surface area contributed by atoms with E-state index in [0.717, 1.165) is 11.1 Å². The molecule has 172 valence electrons. The van der Waals surface area contributed by atoms with Crippen LogP contribution in [0.2, 0.25) is 10.3 Å². The number of rotatable bonds is 6. The van der Waals surface area contributed by atoms with E-state index in [4.69, 9.17) is 23.2 Å². The molecule has 0 radical (unpaired) electrons. The lowest BCUT2D eigenvalue weighted by molar-refractivity contribution is -0.111. The Hall–Kier alpha value is -2.83. The maximum Gasteiger partial charge on any atom is 0.248 e. The Kier molecular flexibility index (Phi) is 7.36. The van der Waals surface area contributed by atoms with E-state index < -0.39 is 0 Å². The summed E-state index contributed by atoms with van der Waals surface area (Å²) in [7, 11) is 2.17. The van der Waals surface area contributed by atoms with Crippen LogP contribution in [0.5, 0.6) is 0 Å². The highest BCUT2D eigenvalue weighted by Gasteiger charge is 2.18. The highest BCUT2D eigenvalue weighted by Crippen LogP contribution is 2.27. The van der Waals surface area contributed by atoms with Crippen molar-refractivity contribution < 1.29 is 4.79 Å². The fourth-order valence-corrected chi connectivity index (χ4v) is 4.51. The molecule has 0 saturated heterocycles. The van der Waals surface area contributed by atoms with Gasteiger partial charge < -0.3 is 10.2 Å². The van der Waals surface area contributed by atoms with Crippen LogP contribution in [-0.4, -0.2) is 33.5 Å². The molecule has 1 saturated carbocycles. The van der Waals surface area contributed by atoms with Crippen LogP contribution in [0, 0.1) is 6.92 Å². The molecule has 2 heterocycles. The number of anilines is 2. The number of aryl methyl sites for hydroxylation is 1. The van der Waals surface area contributed by atoms with Crippen LogP contribution in [0.15, 0.2) is 48.9 Å². The highest BCUT2D eigenvalue weighted by molar-refractivity contribution is 6.40. The van der Waals surface area contributed by atoms with Gasteiger partial charge in [-0.3, -0.25) is 9.36 Å². The summed E-state index contributed by atoms with van der Waals surface area (Å²) in [6.45, 7) is 1.88. The standard InChI is InChI=1S/C25H27Cl2N5O/c1-17-14-19(15-28-25(17)32-16-29-23(26)24(32)27)30-22(33)13-10-18-8-11-21(12-9-18)31(2)20-6-4-3-5-7-20/h8-16,20H,3-7H2,1-2H3,(H,30,33). The maximum atomic E-state index is 12.4. The fraction of sp³-hybridized carbons (Fsp3) is 0.320. The minimum atomic E-state index is -0.226. The second-order valence-corrected chi connectivity index (χ2v) is 9.09. The minimum Gasteiger partial charge on any atom is -0.372 e. The van der Waals surface area contributed by atoms with Crippen molar-refractivity contribution in [3.8, 4) is 5.82 Å². The van der Waals surface area contributed by atoms with E-state index in [1.54, 1.807) is 10.8 Å². The average Bonchev–Trinajstić information content (AvgIpc) is 3.16. The van der Waals surface area contributed by atoms with E-state index in [1.165, 1.54) is 50.2 Å². The summed E-state index contributed by atoms with van der Waals surface area (Å²) in [4.78, 5) is 23.1. The number of nitrogens with one attached hydrogen (secondary N) is 1. The molecular formula is C25H27Cl2N5O. The SMILES string of the molecule is Cc1cc(NC(=O)C=Cc2ccc(N(C)C3CCCCC3)cc2)cnc1-n1cnc(Cl)c1Cl. The largest absolute Gasteiger partial charge is 0.372 e. The van der Waals surface area contributed by atoms with Crippen molar-refractivity contribution in [3.05, 3.63) is 70.4 Å². The number of hydrogen-bond acceptors (Lipinski definition) is 4. The molecule has 3 aromatic rings. The normalized spacial score (nSPS) is 14.5. The molecule has 1 amide bonds. The first-order valence-electron chi connectivity index (χ1n) is 11.1. The lowest BCUT2D eigenvalue weighted by Gasteiger charge is -2.33. The topological polar surface area (TPSA) is 63.1 Å². The van der Waals surface area contributed by atoms with E-state index in [9.17, 15) is 4.79 Å². The minimum absolute atomic E-state index is 0.217. The van der Waals surface area contributed by atoms with Crippen molar-refractivity contribution in [1.82, 2.24) is 14.5 Å². The number of benzene rings is 1. The summed E-state index contributed by atoms with van der Waals surface area (Å²) in [5.74, 6) is 0.377. The van der Waals surface area contributed by atoms with Crippen molar-refractivity contribution in [3.63, 3.8) is 0 Å². The van der Waals surface area contributed by atoms with Gasteiger partial charge >= 0.3 is 0 Å². The van der Waals surface area contributed by atoms with Gasteiger partial charge in [0.25, 0.3) is 0 Å². The summed E-state index contributed by atoms with van der Waals surface area (Å²) in [5.41, 5.74) is 3.61. The van der Waals surface area contributed by atoms with Gasteiger partial charge in [-0.25, -0.2) is 9.97 Å². The van der Waals surface area contributed by atoms with E-state index in [1.807, 2.05) is 31.2 Å². The molecule has 8 heteroatoms. The molecule has 0 unspecified atom stereocenters. The first-order valence-corrected chi connectivity index (χ1v) is 11.9. The molecule has 0 atom stereocenters. The van der Waals surface area contributed by atoms with Crippen LogP contribution >= 0.6 is 23.2 Å². The number of pyridine rings is 1. The van der Waals surface area contributed by atoms with Gasteiger partial charge in [0.15, 0.2) is 10.3 Å². The van der Waals surface area contributed by atoms with Crippen molar-refractivity contribution in [2.45, 2.75) is 45.1 Å². The number of amides is 1. The first kappa shape index (κ1) is 23.3. The molecule has 4 rings (SSSR count). The second kappa shape index (κ2) is 10.4. The molecule has 0 aliphatic heterocycles. The number of carbonyl (C=O) groups is 1. The van der Waals surface area contributed by atoms with E-state index in [0.29, 0.717) is 22.7 Å². The zero-order valence-corrected chi connectivity index (χ0v) is 20.3. The summed E-state index contributed by atoms with van der Waals surface area (Å²) in [6, 6.07) is 10.8. The van der Waals surface area contributed by atoms with Gasteiger partial charge in [-0.1, -0.05) is 54.6 Å². The molecule has 1 aliphatic carbocycles. The van der Waals surface area contributed by atoms with Crippen LogP contribution in [0.4, 0.5) is 11.4 Å². The summed E-state index contributed by atoms with van der Waals surface area (Å²) >= 11 is 12.1. The van der Waals surface area contributed by atoms with Crippen molar-refractivity contribution >= 4 is 46.6 Å². The molecule has 6 nitrogen and oxygen atoms in total. The van der Waals surface area contributed by atoms with Crippen LogP contribution in [0.25, 0.3) is 11.9 Å². The Morgan fingerprint density at radius 3 is 2.52 bits per heavy atom. The smallest absolute Gasteiger partial charge is 0.248 e. The van der Waals surface area contributed by atoms with Crippen LogP contribution < -0.4 is 10.2 Å². The molecular weight excluding hydrogens is 457 g/mol. The fourth-order valence-electron chi connectivity index (χ4n) is 4.20. The lowest BCUT2D eigenvalue weighted by Crippen LogP contribution is -2.33. The predicted octanol–water partition coefficient (Wildman–Crippen LogP) is 6.30. The van der Waals surface area contributed by atoms with Crippen LogP contribution in [-0.2, 0) is 4.79 Å². The van der Waals surface area contributed by atoms with E-state index in [-0.39, 0.29) is 11.1 Å². The summed E-state index contributed by atoms with van der Waals surface area (Å²) < 4.78 is 1.60. The zero-order valence-electron chi connectivity index (χ0n) is 18.8. The summed E-state index contributed by atoms with van der Waals surface area (Å²) in [5, 5.41) is 3.35.